The molecular formula is C19H16N4O3. The van der Waals surface area contributed by atoms with Crippen LogP contribution >= 0.6 is 0 Å². The molecule has 130 valence electrons. The summed E-state index contributed by atoms with van der Waals surface area (Å²) in [5.41, 5.74) is 8.85. The molecule has 3 N–H and O–H groups in total. The zero-order chi connectivity index (χ0) is 18.3. The molecule has 4 rings (SSSR count). The summed E-state index contributed by atoms with van der Waals surface area (Å²) in [5, 5.41) is 10.3. The van der Waals surface area contributed by atoms with Gasteiger partial charge in [-0.2, -0.15) is 0 Å². The zero-order valence-corrected chi connectivity index (χ0v) is 14.0. The molecule has 0 saturated carbocycles. The maximum Gasteiger partial charge on any atom is 0.344 e. The van der Waals surface area contributed by atoms with Crippen LogP contribution in [0.25, 0.3) is 27.9 Å². The quantitative estimate of drug-likeness (QED) is 0.552. The van der Waals surface area contributed by atoms with E-state index in [0.29, 0.717) is 27.9 Å². The number of hydrogen-bond acceptors (Lipinski definition) is 6. The first-order valence-corrected chi connectivity index (χ1v) is 8.14. The number of carbonyl (C=O) groups is 1. The van der Waals surface area contributed by atoms with Gasteiger partial charge in [-0.1, -0.05) is 24.3 Å². The van der Waals surface area contributed by atoms with Crippen molar-refractivity contribution >= 4 is 34.0 Å². The Hall–Kier alpha value is -3.61. The van der Waals surface area contributed by atoms with Gasteiger partial charge in [0.25, 0.3) is 0 Å². The van der Waals surface area contributed by atoms with E-state index in [1.165, 1.54) is 4.57 Å². The van der Waals surface area contributed by atoms with Crippen LogP contribution in [0.3, 0.4) is 0 Å². The molecule has 2 aromatic heterocycles. The number of hydrogen-bond donors (Lipinski definition) is 2. The Labute approximate surface area is 148 Å². The molecule has 0 atom stereocenters. The van der Waals surface area contributed by atoms with Crippen molar-refractivity contribution in [2.75, 3.05) is 12.3 Å². The highest BCUT2D eigenvalue weighted by molar-refractivity contribution is 6.09. The highest BCUT2D eigenvalue weighted by atomic mass is 16.5. The monoisotopic (exact) mass is 348 g/mol. The van der Waals surface area contributed by atoms with Crippen LogP contribution in [-0.4, -0.2) is 32.2 Å². The normalized spacial score (nSPS) is 11.1. The van der Waals surface area contributed by atoms with E-state index in [0.717, 1.165) is 0 Å². The highest BCUT2D eigenvalue weighted by Crippen LogP contribution is 2.34. The molecule has 0 unspecified atom stereocenters. The van der Waals surface area contributed by atoms with Crippen molar-refractivity contribution in [3.8, 4) is 11.4 Å². The number of carbonyl (C=O) groups excluding carboxylic acids is 1. The van der Waals surface area contributed by atoms with Gasteiger partial charge in [-0.05, 0) is 31.2 Å². The molecule has 2 heterocycles. The minimum absolute atomic E-state index is 0.0152. The lowest BCUT2D eigenvalue weighted by Crippen LogP contribution is -2.09. The number of para-hydroxylation sites is 4. The number of phenolic OH excluding ortho intramolecular Hbond substituents is 1. The zero-order valence-electron chi connectivity index (χ0n) is 14.0. The standard InChI is InChI=1S/C19H16N4O3/c1-2-26-19(25)15-16-18(22-12-8-4-3-7-11(12)21-16)23(17(15)20)13-9-5-6-10-14(13)24/h3-10,24H,2,20H2,1H3. The third kappa shape index (κ3) is 2.33. The summed E-state index contributed by atoms with van der Waals surface area (Å²) in [6.07, 6.45) is 0. The summed E-state index contributed by atoms with van der Waals surface area (Å²) in [4.78, 5) is 21.7. The summed E-state index contributed by atoms with van der Waals surface area (Å²) in [6, 6.07) is 14.0. The molecule has 2 aromatic carbocycles. The number of nitrogens with two attached hydrogens (primary N) is 1. The second-order valence-corrected chi connectivity index (χ2v) is 5.69. The van der Waals surface area contributed by atoms with Gasteiger partial charge in [0.15, 0.2) is 5.65 Å². The number of anilines is 1. The van der Waals surface area contributed by atoms with Gasteiger partial charge in [0.05, 0.1) is 23.3 Å². The predicted molar refractivity (Wildman–Crippen MR) is 98.4 cm³/mol. The van der Waals surface area contributed by atoms with Crippen molar-refractivity contribution in [2.45, 2.75) is 6.92 Å². The molecule has 26 heavy (non-hydrogen) atoms. The summed E-state index contributed by atoms with van der Waals surface area (Å²) in [5.74, 6) is -0.439. The Balaban J connectivity index is 2.14. The maximum absolute atomic E-state index is 12.5. The van der Waals surface area contributed by atoms with E-state index >= 15 is 0 Å². The molecule has 7 nitrogen and oxygen atoms in total. The summed E-state index contributed by atoms with van der Waals surface area (Å²) < 4.78 is 6.67. The van der Waals surface area contributed by atoms with Crippen molar-refractivity contribution in [1.82, 2.24) is 14.5 Å². The third-order valence-corrected chi connectivity index (χ3v) is 4.10. The first kappa shape index (κ1) is 15.9. The molecule has 0 aliphatic heterocycles. The fourth-order valence-corrected chi connectivity index (χ4v) is 2.96. The molecule has 0 aliphatic rings. The van der Waals surface area contributed by atoms with Gasteiger partial charge in [-0.25, -0.2) is 14.8 Å². The summed E-state index contributed by atoms with van der Waals surface area (Å²) >= 11 is 0. The van der Waals surface area contributed by atoms with Gasteiger partial charge in [0, 0.05) is 0 Å². The lowest BCUT2D eigenvalue weighted by atomic mass is 10.2. The topological polar surface area (TPSA) is 103 Å². The molecule has 0 spiro atoms. The van der Waals surface area contributed by atoms with Crippen molar-refractivity contribution in [2.24, 2.45) is 0 Å². The molecule has 4 aromatic rings. The van der Waals surface area contributed by atoms with Gasteiger partial charge in [0.1, 0.15) is 22.6 Å². The largest absolute Gasteiger partial charge is 0.506 e. The number of rotatable bonds is 3. The van der Waals surface area contributed by atoms with Gasteiger partial charge in [-0.3, -0.25) is 4.57 Å². The second kappa shape index (κ2) is 6.03. The third-order valence-electron chi connectivity index (χ3n) is 4.10. The van der Waals surface area contributed by atoms with Crippen LogP contribution in [-0.2, 0) is 4.74 Å². The number of aromatic nitrogens is 3. The van der Waals surface area contributed by atoms with Crippen molar-refractivity contribution in [3.63, 3.8) is 0 Å². The van der Waals surface area contributed by atoms with Crippen LogP contribution in [0.1, 0.15) is 17.3 Å². The lowest BCUT2D eigenvalue weighted by molar-refractivity contribution is 0.0529. The number of ether oxygens (including phenoxy) is 1. The van der Waals surface area contributed by atoms with Gasteiger partial charge in [-0.15, -0.1) is 0 Å². The molecule has 0 aliphatic carbocycles. The SMILES string of the molecule is CCOC(=O)c1c(N)n(-c2ccccc2O)c2nc3ccccc3nc12. The van der Waals surface area contributed by atoms with E-state index in [2.05, 4.69) is 9.97 Å². The number of aromatic hydroxyl groups is 1. The van der Waals surface area contributed by atoms with Crippen molar-refractivity contribution in [1.29, 1.82) is 0 Å². The van der Waals surface area contributed by atoms with Crippen LogP contribution < -0.4 is 5.73 Å². The molecule has 7 heteroatoms. The van der Waals surface area contributed by atoms with Gasteiger partial charge >= 0.3 is 5.97 Å². The summed E-state index contributed by atoms with van der Waals surface area (Å²) in [6.45, 7) is 1.93. The number of benzene rings is 2. The van der Waals surface area contributed by atoms with E-state index in [4.69, 9.17) is 10.5 Å². The Morgan fingerprint density at radius 1 is 1.12 bits per heavy atom. The number of nitrogens with zero attached hydrogens (tertiary/aromatic N) is 3. The first-order valence-electron chi connectivity index (χ1n) is 8.14. The molecule has 0 fully saturated rings. The Morgan fingerprint density at radius 2 is 1.77 bits per heavy atom. The van der Waals surface area contributed by atoms with Crippen molar-refractivity contribution in [3.05, 3.63) is 54.1 Å². The smallest absolute Gasteiger partial charge is 0.344 e. The minimum Gasteiger partial charge on any atom is -0.506 e. The average Bonchev–Trinajstić information content (AvgIpc) is 2.91. The molecule has 0 bridgehead atoms. The van der Waals surface area contributed by atoms with E-state index in [1.807, 2.05) is 24.3 Å². The minimum atomic E-state index is -0.575. The van der Waals surface area contributed by atoms with Crippen LogP contribution in [0.15, 0.2) is 48.5 Å². The van der Waals surface area contributed by atoms with Crippen molar-refractivity contribution < 1.29 is 14.6 Å². The van der Waals surface area contributed by atoms with Crippen LogP contribution in [0, 0.1) is 0 Å². The highest BCUT2D eigenvalue weighted by Gasteiger charge is 2.26. The first-order chi connectivity index (χ1) is 12.6. The average molecular weight is 348 g/mol. The Kier molecular flexibility index (Phi) is 3.69. The summed E-state index contributed by atoms with van der Waals surface area (Å²) in [7, 11) is 0. The predicted octanol–water partition coefficient (Wildman–Crippen LogP) is 3.04. The number of phenols is 1. The fraction of sp³-hybridized carbons (Fsp3) is 0.105. The van der Waals surface area contributed by atoms with Crippen LogP contribution in [0.5, 0.6) is 5.75 Å². The number of fused-ring (bicyclic) bond motifs is 2. The number of nitrogen functional groups attached to an aromatic ring is 1. The molecule has 0 radical (unpaired) electrons. The number of esters is 1. The second-order valence-electron chi connectivity index (χ2n) is 5.69. The van der Waals surface area contributed by atoms with E-state index in [-0.39, 0.29) is 23.7 Å². The van der Waals surface area contributed by atoms with E-state index in [1.54, 1.807) is 31.2 Å². The molecular weight excluding hydrogens is 332 g/mol. The lowest BCUT2D eigenvalue weighted by Gasteiger charge is -2.09. The van der Waals surface area contributed by atoms with Gasteiger partial charge in [0.2, 0.25) is 0 Å². The fourth-order valence-electron chi connectivity index (χ4n) is 2.96. The molecule has 0 saturated heterocycles. The van der Waals surface area contributed by atoms with Gasteiger partial charge < -0.3 is 15.6 Å². The maximum atomic E-state index is 12.5. The van der Waals surface area contributed by atoms with Crippen LogP contribution in [0.4, 0.5) is 5.82 Å². The molecule has 0 amide bonds. The Bertz CT molecular complexity index is 1150. The van der Waals surface area contributed by atoms with E-state index < -0.39 is 5.97 Å². The Morgan fingerprint density at radius 3 is 2.46 bits per heavy atom. The van der Waals surface area contributed by atoms with E-state index in [9.17, 15) is 9.90 Å². The van der Waals surface area contributed by atoms with Crippen LogP contribution in [0.2, 0.25) is 0 Å².